The van der Waals surface area contributed by atoms with Gasteiger partial charge in [-0.2, -0.15) is 0 Å². The van der Waals surface area contributed by atoms with Crippen LogP contribution in [0, 0.1) is 5.92 Å². The second-order valence-electron chi connectivity index (χ2n) is 4.26. The number of hydrogen-bond donors (Lipinski definition) is 3. The fraction of sp³-hybridized carbons (Fsp3) is 0.818. The van der Waals surface area contributed by atoms with E-state index >= 15 is 0 Å². The average Bonchev–Trinajstić information content (AvgIpc) is 2.26. The molecule has 0 aliphatic carbocycles. The summed E-state index contributed by atoms with van der Waals surface area (Å²) in [6, 6.07) is -0.470. The van der Waals surface area contributed by atoms with E-state index in [2.05, 4.69) is 10.6 Å². The predicted octanol–water partition coefficient (Wildman–Crippen LogP) is 0.553. The highest BCUT2D eigenvalue weighted by Gasteiger charge is 2.16. The zero-order valence-corrected chi connectivity index (χ0v) is 11.9. The van der Waals surface area contributed by atoms with Gasteiger partial charge in [0.2, 0.25) is 0 Å². The molecule has 0 aliphatic heterocycles. The lowest BCUT2D eigenvalue weighted by molar-refractivity contribution is -0.141. The largest absolute Gasteiger partial charge is 0.481 e. The molecule has 0 rings (SSSR count). The van der Waals surface area contributed by atoms with E-state index in [1.165, 1.54) is 0 Å². The molecule has 3 N–H and O–H groups in total. The summed E-state index contributed by atoms with van der Waals surface area (Å²) in [7, 11) is -0.869. The van der Waals surface area contributed by atoms with Crippen LogP contribution in [-0.2, 0) is 15.6 Å². The average molecular weight is 278 g/mol. The van der Waals surface area contributed by atoms with Crippen LogP contribution in [-0.4, -0.2) is 45.9 Å². The van der Waals surface area contributed by atoms with Crippen LogP contribution in [0.25, 0.3) is 0 Å². The summed E-state index contributed by atoms with van der Waals surface area (Å²) in [5.41, 5.74) is 0. The molecular weight excluding hydrogens is 256 g/mol. The number of rotatable bonds is 8. The summed E-state index contributed by atoms with van der Waals surface area (Å²) in [6.45, 7) is 3.70. The zero-order chi connectivity index (χ0) is 14.1. The summed E-state index contributed by atoms with van der Waals surface area (Å²) >= 11 is 0. The van der Waals surface area contributed by atoms with Crippen molar-refractivity contribution in [1.82, 2.24) is 10.6 Å². The van der Waals surface area contributed by atoms with Gasteiger partial charge in [0.05, 0.1) is 5.92 Å². The predicted molar refractivity (Wildman–Crippen MR) is 71.0 cm³/mol. The highest BCUT2D eigenvalue weighted by atomic mass is 32.2. The summed E-state index contributed by atoms with van der Waals surface area (Å²) < 4.78 is 10.9. The van der Waals surface area contributed by atoms with E-state index in [1.54, 1.807) is 13.2 Å². The molecule has 0 saturated carbocycles. The molecule has 0 radical (unpaired) electrons. The van der Waals surface area contributed by atoms with Crippen molar-refractivity contribution in [1.29, 1.82) is 0 Å². The topological polar surface area (TPSA) is 95.5 Å². The van der Waals surface area contributed by atoms with E-state index in [4.69, 9.17) is 5.11 Å². The van der Waals surface area contributed by atoms with Crippen molar-refractivity contribution in [2.45, 2.75) is 32.7 Å². The minimum Gasteiger partial charge on any atom is -0.481 e. The molecule has 0 bridgehead atoms. The lowest BCUT2D eigenvalue weighted by Gasteiger charge is -2.15. The van der Waals surface area contributed by atoms with Gasteiger partial charge in [-0.05, 0) is 19.8 Å². The van der Waals surface area contributed by atoms with Crippen molar-refractivity contribution in [2.75, 3.05) is 18.6 Å². The first-order chi connectivity index (χ1) is 8.36. The van der Waals surface area contributed by atoms with Crippen molar-refractivity contribution in [2.24, 2.45) is 5.92 Å². The van der Waals surface area contributed by atoms with Gasteiger partial charge in [-0.15, -0.1) is 0 Å². The maximum atomic E-state index is 11.5. The van der Waals surface area contributed by atoms with Crippen molar-refractivity contribution in [3.05, 3.63) is 0 Å². The number of urea groups is 1. The molecule has 7 heteroatoms. The van der Waals surface area contributed by atoms with E-state index < -0.39 is 22.7 Å². The number of aliphatic carboxylic acids is 1. The Bertz CT molecular complexity index is 309. The van der Waals surface area contributed by atoms with Gasteiger partial charge in [0.1, 0.15) is 0 Å². The van der Waals surface area contributed by atoms with Gasteiger partial charge in [-0.3, -0.25) is 9.00 Å². The number of carboxylic acids is 1. The number of carbonyl (C=O) groups is 2. The van der Waals surface area contributed by atoms with Crippen LogP contribution in [0.1, 0.15) is 26.7 Å². The number of carboxylic acid groups (broad SMARTS) is 1. The number of amides is 2. The molecule has 0 aromatic rings. The summed E-state index contributed by atoms with van der Waals surface area (Å²) in [5, 5.41) is 14.0. The van der Waals surface area contributed by atoms with Crippen molar-refractivity contribution < 1.29 is 18.9 Å². The quantitative estimate of drug-likeness (QED) is 0.604. The fourth-order valence-corrected chi connectivity index (χ4v) is 2.00. The third-order valence-corrected chi connectivity index (χ3v) is 3.38. The Morgan fingerprint density at radius 2 is 2.00 bits per heavy atom. The van der Waals surface area contributed by atoms with Gasteiger partial charge >= 0.3 is 12.0 Å². The lowest BCUT2D eigenvalue weighted by Crippen LogP contribution is -2.43. The number of hydrogen-bond acceptors (Lipinski definition) is 3. The summed E-state index contributed by atoms with van der Waals surface area (Å²) in [4.78, 5) is 22.2. The smallest absolute Gasteiger partial charge is 0.315 e. The Labute approximate surface area is 110 Å². The van der Waals surface area contributed by atoms with E-state index in [9.17, 15) is 13.8 Å². The minimum atomic E-state index is -0.910. The standard InChI is InChI=1S/C11H22N2O4S/c1-4-9(10(14)15)7-12-11(16)13-8(2)5-6-18(3)17/h8-9H,4-7H2,1-3H3,(H,14,15)(H2,12,13,16). The Kier molecular flexibility index (Phi) is 8.36. The monoisotopic (exact) mass is 278 g/mol. The molecule has 106 valence electrons. The van der Waals surface area contributed by atoms with Crippen LogP contribution >= 0.6 is 0 Å². The van der Waals surface area contributed by atoms with Crippen LogP contribution in [0.5, 0.6) is 0 Å². The SMILES string of the molecule is CCC(CNC(=O)NC(C)CCS(C)=O)C(=O)O. The molecule has 3 atom stereocenters. The van der Waals surface area contributed by atoms with Gasteiger partial charge in [0, 0.05) is 35.4 Å². The lowest BCUT2D eigenvalue weighted by atomic mass is 10.1. The van der Waals surface area contributed by atoms with Crippen LogP contribution in [0.4, 0.5) is 4.79 Å². The van der Waals surface area contributed by atoms with Gasteiger partial charge in [0.25, 0.3) is 0 Å². The second-order valence-corrected chi connectivity index (χ2v) is 5.82. The number of carbonyl (C=O) groups excluding carboxylic acids is 1. The van der Waals surface area contributed by atoms with Gasteiger partial charge < -0.3 is 15.7 Å². The highest BCUT2D eigenvalue weighted by Crippen LogP contribution is 2.00. The van der Waals surface area contributed by atoms with E-state index in [0.717, 1.165) is 0 Å². The molecule has 18 heavy (non-hydrogen) atoms. The fourth-order valence-electron chi connectivity index (χ4n) is 1.31. The Hall–Kier alpha value is -1.11. The zero-order valence-electron chi connectivity index (χ0n) is 11.1. The van der Waals surface area contributed by atoms with E-state index in [-0.39, 0.29) is 18.6 Å². The minimum absolute atomic E-state index is 0.0844. The van der Waals surface area contributed by atoms with Crippen LogP contribution in [0.3, 0.4) is 0 Å². The van der Waals surface area contributed by atoms with Crippen LogP contribution in [0.15, 0.2) is 0 Å². The molecule has 0 fully saturated rings. The maximum absolute atomic E-state index is 11.5. The van der Waals surface area contributed by atoms with Crippen molar-refractivity contribution in [3.8, 4) is 0 Å². The van der Waals surface area contributed by atoms with Crippen molar-refractivity contribution >= 4 is 22.8 Å². The molecule has 6 nitrogen and oxygen atoms in total. The van der Waals surface area contributed by atoms with E-state index in [0.29, 0.717) is 18.6 Å². The molecule has 0 spiro atoms. The van der Waals surface area contributed by atoms with Gasteiger partial charge in [-0.1, -0.05) is 6.92 Å². The second kappa shape index (κ2) is 8.91. The van der Waals surface area contributed by atoms with E-state index in [1.807, 2.05) is 6.92 Å². The molecule has 3 unspecified atom stereocenters. The third-order valence-electron chi connectivity index (χ3n) is 2.57. The Morgan fingerprint density at radius 3 is 2.44 bits per heavy atom. The first kappa shape index (κ1) is 16.9. The maximum Gasteiger partial charge on any atom is 0.315 e. The highest BCUT2D eigenvalue weighted by molar-refractivity contribution is 7.84. The first-order valence-corrected chi connectivity index (χ1v) is 7.66. The Morgan fingerprint density at radius 1 is 1.39 bits per heavy atom. The molecule has 0 saturated heterocycles. The molecule has 0 aliphatic rings. The third kappa shape index (κ3) is 8.05. The van der Waals surface area contributed by atoms with Crippen LogP contribution < -0.4 is 10.6 Å². The number of nitrogens with one attached hydrogen (secondary N) is 2. The summed E-state index contributed by atoms with van der Waals surface area (Å²) in [5.74, 6) is -0.935. The molecule has 0 heterocycles. The molecular formula is C11H22N2O4S. The normalized spacial score (nSPS) is 15.5. The van der Waals surface area contributed by atoms with Crippen molar-refractivity contribution in [3.63, 3.8) is 0 Å². The van der Waals surface area contributed by atoms with Gasteiger partial charge in [-0.25, -0.2) is 4.79 Å². The molecule has 0 aromatic heterocycles. The molecule has 2 amide bonds. The van der Waals surface area contributed by atoms with Crippen LogP contribution in [0.2, 0.25) is 0 Å². The first-order valence-electron chi connectivity index (χ1n) is 5.94. The van der Waals surface area contributed by atoms with Gasteiger partial charge in [0.15, 0.2) is 0 Å². The Balaban J connectivity index is 3.89. The molecule has 0 aromatic carbocycles. The summed E-state index contributed by atoms with van der Waals surface area (Å²) in [6.07, 6.45) is 2.72.